The molecule has 1 aromatic rings. The summed E-state index contributed by atoms with van der Waals surface area (Å²) in [5.74, 6) is -0.587. The average Bonchev–Trinajstić information content (AvgIpc) is 2.53. The molecule has 0 bridgehead atoms. The van der Waals surface area contributed by atoms with E-state index in [4.69, 9.17) is 10.5 Å². The van der Waals surface area contributed by atoms with Gasteiger partial charge < -0.3 is 20.7 Å². The van der Waals surface area contributed by atoms with E-state index in [9.17, 15) is 9.18 Å². The van der Waals surface area contributed by atoms with Crippen LogP contribution < -0.4 is 16.0 Å². The van der Waals surface area contributed by atoms with Crippen LogP contribution in [0.4, 0.5) is 15.8 Å². The molecule has 2 rings (SSSR count). The van der Waals surface area contributed by atoms with Gasteiger partial charge in [0.25, 0.3) is 0 Å². The van der Waals surface area contributed by atoms with Crippen LogP contribution in [0.3, 0.4) is 0 Å². The van der Waals surface area contributed by atoms with Crippen LogP contribution in [-0.4, -0.2) is 38.3 Å². The number of amides is 1. The number of nitrogens with zero attached hydrogens (tertiary/aromatic N) is 1. The van der Waals surface area contributed by atoms with E-state index >= 15 is 0 Å². The first kappa shape index (κ1) is 16.7. The van der Waals surface area contributed by atoms with Crippen LogP contribution in [0.2, 0.25) is 0 Å². The third kappa shape index (κ3) is 4.18. The summed E-state index contributed by atoms with van der Waals surface area (Å²) in [5.41, 5.74) is 7.09. The molecule has 3 N–H and O–H groups in total. The minimum absolute atomic E-state index is 0.0762. The second-order valence-electron chi connectivity index (χ2n) is 5.70. The first-order valence-corrected chi connectivity index (χ1v) is 7.71. The van der Waals surface area contributed by atoms with Crippen molar-refractivity contribution in [2.75, 3.05) is 36.5 Å². The molecule has 1 amide bonds. The highest BCUT2D eigenvalue weighted by atomic mass is 19.1. The van der Waals surface area contributed by atoms with E-state index in [2.05, 4.69) is 5.32 Å². The van der Waals surface area contributed by atoms with Gasteiger partial charge in [0.05, 0.1) is 19.3 Å². The predicted molar refractivity (Wildman–Crippen MR) is 85.5 cm³/mol. The number of hydrogen-bond donors (Lipinski definition) is 2. The summed E-state index contributed by atoms with van der Waals surface area (Å²) in [6.45, 7) is 6.58. The van der Waals surface area contributed by atoms with Crippen molar-refractivity contribution in [1.29, 1.82) is 0 Å². The fourth-order valence-electron chi connectivity index (χ4n) is 2.39. The quantitative estimate of drug-likeness (QED) is 0.872. The molecule has 1 aromatic carbocycles. The summed E-state index contributed by atoms with van der Waals surface area (Å²) in [6, 6.07) is 3.95. The van der Waals surface area contributed by atoms with Crippen LogP contribution in [-0.2, 0) is 9.53 Å². The van der Waals surface area contributed by atoms with Gasteiger partial charge >= 0.3 is 0 Å². The van der Waals surface area contributed by atoms with Crippen LogP contribution in [0.25, 0.3) is 0 Å². The Labute approximate surface area is 130 Å². The van der Waals surface area contributed by atoms with Crippen LogP contribution in [0.1, 0.15) is 20.3 Å². The highest BCUT2D eigenvalue weighted by molar-refractivity contribution is 5.95. The maximum atomic E-state index is 13.8. The number of hydrogen-bond acceptors (Lipinski definition) is 4. The summed E-state index contributed by atoms with van der Waals surface area (Å²) in [5, 5.41) is 2.72. The molecular weight excluding hydrogens is 285 g/mol. The first-order valence-electron chi connectivity index (χ1n) is 7.71. The lowest BCUT2D eigenvalue weighted by molar-refractivity contribution is -0.118. The van der Waals surface area contributed by atoms with Gasteiger partial charge in [-0.1, -0.05) is 20.3 Å². The maximum Gasteiger partial charge on any atom is 0.241 e. The Bertz CT molecular complexity index is 518. The van der Waals surface area contributed by atoms with E-state index in [0.29, 0.717) is 32.0 Å². The third-order valence-corrected chi connectivity index (χ3v) is 4.09. The van der Waals surface area contributed by atoms with E-state index in [1.165, 1.54) is 12.1 Å². The number of halogens is 1. The molecule has 0 spiro atoms. The van der Waals surface area contributed by atoms with Crippen molar-refractivity contribution in [1.82, 2.24) is 0 Å². The molecule has 6 heteroatoms. The van der Waals surface area contributed by atoms with Crippen LogP contribution in [0.5, 0.6) is 0 Å². The van der Waals surface area contributed by atoms with Crippen LogP contribution in [0.15, 0.2) is 18.2 Å². The zero-order valence-electron chi connectivity index (χ0n) is 13.1. The summed E-state index contributed by atoms with van der Waals surface area (Å²) in [7, 11) is 0. The summed E-state index contributed by atoms with van der Waals surface area (Å²) >= 11 is 0. The molecule has 1 fully saturated rings. The molecule has 1 saturated heterocycles. The predicted octanol–water partition coefficient (Wildman–Crippen LogP) is 1.97. The molecule has 1 aliphatic heterocycles. The number of morpholine rings is 1. The molecule has 2 unspecified atom stereocenters. The van der Waals surface area contributed by atoms with Gasteiger partial charge in [-0.05, 0) is 24.1 Å². The Kier molecular flexibility index (Phi) is 5.74. The lowest BCUT2D eigenvalue weighted by Crippen LogP contribution is -2.40. The van der Waals surface area contributed by atoms with Crippen molar-refractivity contribution in [3.8, 4) is 0 Å². The third-order valence-electron chi connectivity index (χ3n) is 4.09. The summed E-state index contributed by atoms with van der Waals surface area (Å²) in [6.07, 6.45) is 0.816. The van der Waals surface area contributed by atoms with Gasteiger partial charge in [-0.25, -0.2) is 4.39 Å². The van der Waals surface area contributed by atoms with Crippen molar-refractivity contribution in [2.24, 2.45) is 11.7 Å². The zero-order valence-corrected chi connectivity index (χ0v) is 13.1. The number of rotatable bonds is 5. The second-order valence-corrected chi connectivity index (χ2v) is 5.70. The van der Waals surface area contributed by atoms with Gasteiger partial charge in [0, 0.05) is 24.5 Å². The minimum atomic E-state index is -0.597. The molecule has 5 nitrogen and oxygen atoms in total. The van der Waals surface area contributed by atoms with Crippen LogP contribution in [0, 0.1) is 11.7 Å². The van der Waals surface area contributed by atoms with Crippen molar-refractivity contribution >= 4 is 17.3 Å². The lowest BCUT2D eigenvalue weighted by Gasteiger charge is -2.29. The number of carbonyl (C=O) groups excluding carboxylic acids is 1. The van der Waals surface area contributed by atoms with Gasteiger partial charge in [-0.3, -0.25) is 4.79 Å². The molecule has 2 atom stereocenters. The molecule has 122 valence electrons. The van der Waals surface area contributed by atoms with Crippen molar-refractivity contribution < 1.29 is 13.9 Å². The molecular formula is C16H24FN3O2. The topological polar surface area (TPSA) is 67.6 Å². The number of carbonyl (C=O) groups is 1. The van der Waals surface area contributed by atoms with E-state index in [1.807, 2.05) is 18.7 Å². The van der Waals surface area contributed by atoms with E-state index in [-0.39, 0.29) is 17.6 Å². The average molecular weight is 309 g/mol. The Morgan fingerprint density at radius 1 is 1.41 bits per heavy atom. The fraction of sp³-hybridized carbons (Fsp3) is 0.562. The number of ether oxygens (including phenoxy) is 1. The molecule has 0 saturated carbocycles. The molecule has 22 heavy (non-hydrogen) atoms. The highest BCUT2D eigenvalue weighted by Gasteiger charge is 2.20. The molecule has 0 radical (unpaired) electrons. The number of nitrogens with two attached hydrogens (primary N) is 1. The largest absolute Gasteiger partial charge is 0.378 e. The maximum absolute atomic E-state index is 13.8. The van der Waals surface area contributed by atoms with E-state index < -0.39 is 6.04 Å². The highest BCUT2D eigenvalue weighted by Crippen LogP contribution is 2.23. The molecule has 1 heterocycles. The molecule has 0 aliphatic carbocycles. The zero-order chi connectivity index (χ0) is 16.1. The van der Waals surface area contributed by atoms with Crippen molar-refractivity contribution in [3.63, 3.8) is 0 Å². The second kappa shape index (κ2) is 7.56. The number of anilines is 2. The normalized spacial score (nSPS) is 17.9. The fourth-order valence-corrected chi connectivity index (χ4v) is 2.39. The monoisotopic (exact) mass is 309 g/mol. The molecule has 0 aromatic heterocycles. The summed E-state index contributed by atoms with van der Waals surface area (Å²) in [4.78, 5) is 14.2. The van der Waals surface area contributed by atoms with E-state index in [1.54, 1.807) is 6.07 Å². The van der Waals surface area contributed by atoms with Gasteiger partial charge in [0.2, 0.25) is 5.91 Å². The molecule has 1 aliphatic rings. The summed E-state index contributed by atoms with van der Waals surface area (Å²) < 4.78 is 19.1. The Balaban J connectivity index is 2.10. The number of nitrogens with one attached hydrogen (secondary N) is 1. The Morgan fingerprint density at radius 3 is 2.73 bits per heavy atom. The minimum Gasteiger partial charge on any atom is -0.378 e. The van der Waals surface area contributed by atoms with Crippen LogP contribution >= 0.6 is 0 Å². The van der Waals surface area contributed by atoms with Crippen molar-refractivity contribution in [2.45, 2.75) is 26.3 Å². The first-order chi connectivity index (χ1) is 10.5. The standard InChI is InChI=1S/C16H24FN3O2/c1-3-11(2)15(18)16(21)19-13-8-12(17)9-14(10-13)20-4-6-22-7-5-20/h8-11,15H,3-7,18H2,1-2H3,(H,19,21). The van der Waals surface area contributed by atoms with Gasteiger partial charge in [-0.15, -0.1) is 0 Å². The van der Waals surface area contributed by atoms with E-state index in [0.717, 1.165) is 12.1 Å². The van der Waals surface area contributed by atoms with Gasteiger partial charge in [0.15, 0.2) is 0 Å². The van der Waals surface area contributed by atoms with Gasteiger partial charge in [0.1, 0.15) is 5.82 Å². The lowest BCUT2D eigenvalue weighted by atomic mass is 9.99. The van der Waals surface area contributed by atoms with Crippen molar-refractivity contribution in [3.05, 3.63) is 24.0 Å². The van der Waals surface area contributed by atoms with Gasteiger partial charge in [-0.2, -0.15) is 0 Å². The smallest absolute Gasteiger partial charge is 0.241 e. The SMILES string of the molecule is CCC(C)C(N)C(=O)Nc1cc(F)cc(N2CCOCC2)c1. The Hall–Kier alpha value is -1.66. The Morgan fingerprint density at radius 2 is 2.09 bits per heavy atom. The number of benzene rings is 1.